The van der Waals surface area contributed by atoms with Gasteiger partial charge >= 0.3 is 0 Å². The Kier molecular flexibility index (Phi) is 3.71. The number of furan rings is 1. The van der Waals surface area contributed by atoms with E-state index in [1.807, 2.05) is 6.92 Å². The maximum absolute atomic E-state index is 5.85. The lowest BCUT2D eigenvalue weighted by molar-refractivity contribution is 0.207. The highest BCUT2D eigenvalue weighted by molar-refractivity contribution is 5.11. The van der Waals surface area contributed by atoms with Gasteiger partial charge in [0.1, 0.15) is 11.5 Å². The third kappa shape index (κ3) is 2.96. The van der Waals surface area contributed by atoms with E-state index >= 15 is 0 Å². The van der Waals surface area contributed by atoms with E-state index in [1.54, 1.807) is 0 Å². The van der Waals surface area contributed by atoms with Gasteiger partial charge in [-0.05, 0) is 70.3 Å². The van der Waals surface area contributed by atoms with E-state index in [-0.39, 0.29) is 0 Å². The summed E-state index contributed by atoms with van der Waals surface area (Å²) in [6, 6.07) is 4.66. The molecule has 18 heavy (non-hydrogen) atoms. The molecule has 3 heteroatoms. The van der Waals surface area contributed by atoms with Crippen LogP contribution in [0.15, 0.2) is 16.5 Å². The Balaban J connectivity index is 1.62. The van der Waals surface area contributed by atoms with Gasteiger partial charge in [-0.1, -0.05) is 0 Å². The predicted molar refractivity (Wildman–Crippen MR) is 72.6 cm³/mol. The zero-order valence-corrected chi connectivity index (χ0v) is 11.3. The standard InChI is InChI=1S/C15H24N2O/c1-12-4-7-15(18-12)14(17-8-2-3-9-17)11-16-10-13-5-6-13/h4,7,13-14,16H,2-3,5-6,8-11H2,1H3. The van der Waals surface area contributed by atoms with Crippen molar-refractivity contribution in [2.75, 3.05) is 26.2 Å². The summed E-state index contributed by atoms with van der Waals surface area (Å²) in [6.45, 7) is 6.68. The first-order valence-electron chi connectivity index (χ1n) is 7.34. The van der Waals surface area contributed by atoms with Crippen LogP contribution in [0.25, 0.3) is 0 Å². The number of hydrogen-bond acceptors (Lipinski definition) is 3. The van der Waals surface area contributed by atoms with Gasteiger partial charge in [0, 0.05) is 6.54 Å². The molecular formula is C15H24N2O. The average molecular weight is 248 g/mol. The fraction of sp³-hybridized carbons (Fsp3) is 0.733. The van der Waals surface area contributed by atoms with Crippen molar-refractivity contribution in [2.45, 2.75) is 38.6 Å². The molecule has 1 atom stereocenters. The van der Waals surface area contributed by atoms with Gasteiger partial charge in [-0.3, -0.25) is 4.90 Å². The second kappa shape index (κ2) is 5.45. The summed E-state index contributed by atoms with van der Waals surface area (Å²) in [5.74, 6) is 3.11. The second-order valence-electron chi connectivity index (χ2n) is 5.81. The van der Waals surface area contributed by atoms with Gasteiger partial charge in [0.05, 0.1) is 6.04 Å². The normalized spacial score (nSPS) is 22.5. The molecule has 1 aliphatic heterocycles. The number of nitrogens with one attached hydrogen (secondary N) is 1. The highest BCUT2D eigenvalue weighted by Crippen LogP contribution is 2.29. The molecule has 1 saturated heterocycles. The van der Waals surface area contributed by atoms with Gasteiger partial charge < -0.3 is 9.73 Å². The minimum absolute atomic E-state index is 0.431. The maximum atomic E-state index is 5.85. The van der Waals surface area contributed by atoms with E-state index in [1.165, 1.54) is 45.3 Å². The first-order chi connectivity index (χ1) is 8.83. The van der Waals surface area contributed by atoms with E-state index in [4.69, 9.17) is 4.42 Å². The lowest BCUT2D eigenvalue weighted by Gasteiger charge is -2.26. The van der Waals surface area contributed by atoms with Crippen LogP contribution in [0.4, 0.5) is 0 Å². The molecule has 0 aromatic carbocycles. The van der Waals surface area contributed by atoms with Crippen LogP contribution in [-0.4, -0.2) is 31.1 Å². The summed E-state index contributed by atoms with van der Waals surface area (Å²) in [5, 5.41) is 3.63. The minimum Gasteiger partial charge on any atom is -0.465 e. The SMILES string of the molecule is Cc1ccc(C(CNCC2CC2)N2CCCC2)o1. The molecule has 1 aromatic rings. The van der Waals surface area contributed by atoms with Crippen LogP contribution in [-0.2, 0) is 0 Å². The number of hydrogen-bond donors (Lipinski definition) is 1. The van der Waals surface area contributed by atoms with Crippen molar-refractivity contribution < 1.29 is 4.42 Å². The molecule has 100 valence electrons. The van der Waals surface area contributed by atoms with E-state index in [2.05, 4.69) is 22.3 Å². The quantitative estimate of drug-likeness (QED) is 0.839. The topological polar surface area (TPSA) is 28.4 Å². The van der Waals surface area contributed by atoms with Crippen LogP contribution >= 0.6 is 0 Å². The Bertz CT molecular complexity index is 378. The lowest BCUT2D eigenvalue weighted by Crippen LogP contribution is -2.34. The summed E-state index contributed by atoms with van der Waals surface area (Å²) >= 11 is 0. The third-order valence-corrected chi connectivity index (χ3v) is 4.14. The molecule has 1 aliphatic carbocycles. The molecule has 0 radical (unpaired) electrons. The Morgan fingerprint density at radius 3 is 2.72 bits per heavy atom. The van der Waals surface area contributed by atoms with Gasteiger partial charge in [0.25, 0.3) is 0 Å². The van der Waals surface area contributed by atoms with Crippen LogP contribution in [0.3, 0.4) is 0 Å². The molecule has 0 amide bonds. The Hall–Kier alpha value is -0.800. The first kappa shape index (κ1) is 12.2. The van der Waals surface area contributed by atoms with E-state index in [0.717, 1.165) is 24.0 Å². The van der Waals surface area contributed by atoms with Crippen molar-refractivity contribution in [3.05, 3.63) is 23.7 Å². The minimum atomic E-state index is 0.431. The zero-order chi connectivity index (χ0) is 12.4. The van der Waals surface area contributed by atoms with Crippen LogP contribution in [0, 0.1) is 12.8 Å². The van der Waals surface area contributed by atoms with Gasteiger partial charge in [-0.25, -0.2) is 0 Å². The second-order valence-corrected chi connectivity index (χ2v) is 5.81. The molecule has 1 aromatic heterocycles. The van der Waals surface area contributed by atoms with Gasteiger partial charge in [0.2, 0.25) is 0 Å². The zero-order valence-electron chi connectivity index (χ0n) is 11.3. The molecule has 2 aliphatic rings. The van der Waals surface area contributed by atoms with E-state index in [0.29, 0.717) is 6.04 Å². The van der Waals surface area contributed by atoms with Gasteiger partial charge in [0.15, 0.2) is 0 Å². The summed E-state index contributed by atoms with van der Waals surface area (Å²) in [6.07, 6.45) is 5.50. The number of likely N-dealkylation sites (tertiary alicyclic amines) is 1. The Labute approximate surface area is 110 Å². The van der Waals surface area contributed by atoms with E-state index in [9.17, 15) is 0 Å². The predicted octanol–water partition coefficient (Wildman–Crippen LogP) is 2.72. The highest BCUT2D eigenvalue weighted by Gasteiger charge is 2.27. The molecule has 2 fully saturated rings. The molecule has 0 spiro atoms. The van der Waals surface area contributed by atoms with Crippen LogP contribution < -0.4 is 5.32 Å². The Morgan fingerprint density at radius 2 is 2.11 bits per heavy atom. The van der Waals surface area contributed by atoms with Gasteiger partial charge in [-0.15, -0.1) is 0 Å². The van der Waals surface area contributed by atoms with Crippen LogP contribution in [0.5, 0.6) is 0 Å². The van der Waals surface area contributed by atoms with Crippen molar-refractivity contribution in [2.24, 2.45) is 5.92 Å². The summed E-state index contributed by atoms with van der Waals surface area (Å²) in [5.41, 5.74) is 0. The maximum Gasteiger partial charge on any atom is 0.122 e. The summed E-state index contributed by atoms with van der Waals surface area (Å²) < 4.78 is 5.85. The average Bonchev–Trinajstić information content (AvgIpc) is 2.87. The largest absolute Gasteiger partial charge is 0.465 e. The summed E-state index contributed by atoms with van der Waals surface area (Å²) in [7, 11) is 0. The Morgan fingerprint density at radius 1 is 1.33 bits per heavy atom. The molecule has 0 bridgehead atoms. The number of nitrogens with zero attached hydrogens (tertiary/aromatic N) is 1. The van der Waals surface area contributed by atoms with Gasteiger partial charge in [-0.2, -0.15) is 0 Å². The van der Waals surface area contributed by atoms with Crippen molar-refractivity contribution in [3.63, 3.8) is 0 Å². The fourth-order valence-electron chi connectivity index (χ4n) is 2.84. The molecule has 1 unspecified atom stereocenters. The van der Waals surface area contributed by atoms with Crippen molar-refractivity contribution in [1.82, 2.24) is 10.2 Å². The molecule has 2 heterocycles. The number of aryl methyl sites for hydroxylation is 1. The highest BCUT2D eigenvalue weighted by atomic mass is 16.3. The molecule has 3 nitrogen and oxygen atoms in total. The smallest absolute Gasteiger partial charge is 0.122 e. The fourth-order valence-corrected chi connectivity index (χ4v) is 2.84. The van der Waals surface area contributed by atoms with Crippen molar-refractivity contribution in [3.8, 4) is 0 Å². The first-order valence-corrected chi connectivity index (χ1v) is 7.34. The van der Waals surface area contributed by atoms with Crippen molar-refractivity contribution in [1.29, 1.82) is 0 Å². The molecule has 1 saturated carbocycles. The monoisotopic (exact) mass is 248 g/mol. The van der Waals surface area contributed by atoms with Crippen LogP contribution in [0.1, 0.15) is 43.2 Å². The van der Waals surface area contributed by atoms with E-state index < -0.39 is 0 Å². The molecular weight excluding hydrogens is 224 g/mol. The molecule has 3 rings (SSSR count). The molecule has 1 N–H and O–H groups in total. The number of rotatable bonds is 6. The lowest BCUT2D eigenvalue weighted by atomic mass is 10.2. The van der Waals surface area contributed by atoms with Crippen molar-refractivity contribution >= 4 is 0 Å². The third-order valence-electron chi connectivity index (χ3n) is 4.14. The van der Waals surface area contributed by atoms with Crippen LogP contribution in [0.2, 0.25) is 0 Å². The summed E-state index contributed by atoms with van der Waals surface area (Å²) in [4.78, 5) is 2.57.